The van der Waals surface area contributed by atoms with Crippen molar-refractivity contribution in [3.8, 4) is 23.7 Å². The minimum Gasteiger partial charge on any atom is -0.184 e. The van der Waals surface area contributed by atoms with E-state index < -0.39 is 0 Å². The molecule has 0 fully saturated rings. The van der Waals surface area contributed by atoms with Gasteiger partial charge in [-0.15, -0.1) is 0 Å². The molecule has 0 aliphatic rings. The Balaban J connectivity index is 1.16. The van der Waals surface area contributed by atoms with Gasteiger partial charge in [-0.1, -0.05) is 47.9 Å². The van der Waals surface area contributed by atoms with Gasteiger partial charge in [0.15, 0.2) is 0 Å². The lowest BCUT2D eigenvalue weighted by molar-refractivity contribution is -0.658. The first-order valence-electron chi connectivity index (χ1n) is 14.0. The zero-order chi connectivity index (χ0) is 28.8. The summed E-state index contributed by atoms with van der Waals surface area (Å²) in [4.78, 5) is 0. The predicted molar refractivity (Wildman–Crippen MR) is 166 cm³/mol. The topological polar surface area (TPSA) is 15.5 Å². The van der Waals surface area contributed by atoms with Gasteiger partial charge >= 0.3 is 0 Å². The van der Waals surface area contributed by atoms with Crippen molar-refractivity contribution in [2.75, 3.05) is 0 Å². The van der Waals surface area contributed by atoms with Crippen molar-refractivity contribution >= 4 is 44.1 Å². The summed E-state index contributed by atoms with van der Waals surface area (Å²) in [5.74, 6) is 13.4. The van der Waals surface area contributed by atoms with E-state index in [1.807, 2.05) is 24.3 Å². The molecule has 0 amide bonds. The summed E-state index contributed by atoms with van der Waals surface area (Å²) in [6.07, 6.45) is 0. The molecule has 7 rings (SSSR count). The Labute approximate surface area is 245 Å². The molecule has 7 aromatic rings. The summed E-state index contributed by atoms with van der Waals surface area (Å²) in [5, 5.41) is 0. The molecule has 0 aliphatic carbocycles. The van der Waals surface area contributed by atoms with E-state index in [1.165, 1.54) is 33.1 Å². The third kappa shape index (κ3) is 4.31. The SMILES string of the molecule is C[n+]1c2ccccc2[n+](C)c2cc(C#Cc3ccc(C#Cc4ccc5c(c4)[n+](C)c4ccccc4[n+]5C)cc3)ccc21. The van der Waals surface area contributed by atoms with E-state index in [0.29, 0.717) is 0 Å². The number of rotatable bonds is 0. The van der Waals surface area contributed by atoms with Crippen LogP contribution in [0.25, 0.3) is 44.1 Å². The second-order valence-electron chi connectivity index (χ2n) is 10.7. The Bertz CT molecular complexity index is 2180. The van der Waals surface area contributed by atoms with Crippen LogP contribution in [-0.2, 0) is 28.2 Å². The molecule has 0 aliphatic heterocycles. The number of benzene rings is 5. The van der Waals surface area contributed by atoms with Crippen LogP contribution in [0.1, 0.15) is 22.3 Å². The molecule has 5 aromatic carbocycles. The maximum absolute atomic E-state index is 3.35. The molecule has 198 valence electrons. The van der Waals surface area contributed by atoms with Crippen LogP contribution in [-0.4, -0.2) is 0 Å². The zero-order valence-corrected chi connectivity index (χ0v) is 24.2. The minimum absolute atomic E-state index is 0.964. The summed E-state index contributed by atoms with van der Waals surface area (Å²) < 4.78 is 8.95. The molecule has 2 heterocycles. The van der Waals surface area contributed by atoms with E-state index in [-0.39, 0.29) is 0 Å². The molecule has 0 atom stereocenters. The van der Waals surface area contributed by atoms with Gasteiger partial charge in [0, 0.05) is 70.8 Å². The number of fused-ring (bicyclic) bond motifs is 4. The molecule has 4 nitrogen and oxygen atoms in total. The van der Waals surface area contributed by atoms with Gasteiger partial charge in [0.05, 0.1) is 0 Å². The fourth-order valence-corrected chi connectivity index (χ4v) is 5.81. The molecule has 0 unspecified atom stereocenters. The van der Waals surface area contributed by atoms with Gasteiger partial charge < -0.3 is 0 Å². The van der Waals surface area contributed by atoms with Crippen molar-refractivity contribution in [1.29, 1.82) is 0 Å². The summed E-state index contributed by atoms with van der Waals surface area (Å²) in [6.45, 7) is 0. The number of aryl methyl sites for hydroxylation is 4. The van der Waals surface area contributed by atoms with Crippen molar-refractivity contribution in [3.05, 3.63) is 131 Å². The lowest BCUT2D eigenvalue weighted by atomic mass is 10.1. The molecule has 0 spiro atoms. The lowest BCUT2D eigenvalue weighted by Crippen LogP contribution is -2.41. The van der Waals surface area contributed by atoms with E-state index in [2.05, 4.69) is 155 Å². The standard InChI is InChI=1S/C38H30N4/c1-39-31-9-5-7-11-33(31)41(3)37-25-29(21-23-35(37)39)19-17-27-13-15-28(16-14-27)18-20-30-22-24-36-38(26-30)42(4)34-12-8-6-10-32(34)40(36)2/h5-16,21-26H,1-4H3/q+4. The monoisotopic (exact) mass is 542 g/mol. The van der Waals surface area contributed by atoms with Gasteiger partial charge in [-0.05, 0) is 36.4 Å². The summed E-state index contributed by atoms with van der Waals surface area (Å²) >= 11 is 0. The van der Waals surface area contributed by atoms with Crippen LogP contribution in [0.15, 0.2) is 109 Å². The van der Waals surface area contributed by atoms with Crippen LogP contribution in [0, 0.1) is 23.7 Å². The van der Waals surface area contributed by atoms with E-state index in [9.17, 15) is 0 Å². The van der Waals surface area contributed by atoms with Crippen molar-refractivity contribution in [1.82, 2.24) is 0 Å². The average Bonchev–Trinajstić information content (AvgIpc) is 3.04. The lowest BCUT2D eigenvalue weighted by Gasteiger charge is -2.01. The van der Waals surface area contributed by atoms with Crippen molar-refractivity contribution in [2.24, 2.45) is 28.2 Å². The molecule has 0 saturated heterocycles. The smallest absolute Gasteiger partial charge is 0.184 e. The predicted octanol–water partition coefficient (Wildman–Crippen LogP) is 4.40. The normalized spacial score (nSPS) is 11.0. The first-order chi connectivity index (χ1) is 20.5. The van der Waals surface area contributed by atoms with Crippen molar-refractivity contribution < 1.29 is 18.3 Å². The Morgan fingerprint density at radius 2 is 0.571 bits per heavy atom. The molecule has 0 bridgehead atoms. The fraction of sp³-hybridized carbons (Fsp3) is 0.105. The number of para-hydroxylation sites is 4. The maximum Gasteiger partial charge on any atom is 0.279 e. The molecule has 0 radical (unpaired) electrons. The minimum atomic E-state index is 0.964. The van der Waals surface area contributed by atoms with E-state index in [0.717, 1.165) is 33.3 Å². The number of nitrogens with zero attached hydrogens (tertiary/aromatic N) is 4. The second kappa shape index (κ2) is 10.1. The van der Waals surface area contributed by atoms with Gasteiger partial charge in [-0.3, -0.25) is 0 Å². The summed E-state index contributed by atoms with van der Waals surface area (Å²) in [7, 11) is 8.45. The number of aromatic nitrogens is 4. The molecule has 4 heteroatoms. The first-order valence-corrected chi connectivity index (χ1v) is 14.0. The third-order valence-electron chi connectivity index (χ3n) is 8.19. The largest absolute Gasteiger partial charge is 0.279 e. The highest BCUT2D eigenvalue weighted by atomic mass is 15.0. The van der Waals surface area contributed by atoms with Crippen LogP contribution >= 0.6 is 0 Å². The zero-order valence-electron chi connectivity index (χ0n) is 24.2. The Morgan fingerprint density at radius 1 is 0.310 bits per heavy atom. The molecular weight excluding hydrogens is 512 g/mol. The highest BCUT2D eigenvalue weighted by molar-refractivity contribution is 5.78. The van der Waals surface area contributed by atoms with Crippen molar-refractivity contribution in [2.45, 2.75) is 0 Å². The van der Waals surface area contributed by atoms with Gasteiger partial charge in [0.1, 0.15) is 28.2 Å². The second-order valence-corrected chi connectivity index (χ2v) is 10.7. The Hall–Kier alpha value is -5.58. The van der Waals surface area contributed by atoms with E-state index in [1.54, 1.807) is 0 Å². The van der Waals surface area contributed by atoms with Gasteiger partial charge in [0.25, 0.3) is 44.1 Å². The van der Waals surface area contributed by atoms with Crippen LogP contribution < -0.4 is 18.3 Å². The highest BCUT2D eigenvalue weighted by Gasteiger charge is 2.23. The van der Waals surface area contributed by atoms with Crippen LogP contribution in [0.2, 0.25) is 0 Å². The molecule has 2 aromatic heterocycles. The maximum atomic E-state index is 3.35. The van der Waals surface area contributed by atoms with Gasteiger partial charge in [-0.2, -0.15) is 18.3 Å². The number of hydrogen-bond donors (Lipinski definition) is 0. The Kier molecular flexibility index (Phi) is 6.11. The molecule has 42 heavy (non-hydrogen) atoms. The van der Waals surface area contributed by atoms with Gasteiger partial charge in [-0.25, -0.2) is 0 Å². The third-order valence-corrected chi connectivity index (χ3v) is 8.19. The molecule has 0 saturated carbocycles. The van der Waals surface area contributed by atoms with Crippen LogP contribution in [0.3, 0.4) is 0 Å². The number of hydrogen-bond acceptors (Lipinski definition) is 0. The first kappa shape index (κ1) is 25.4. The molecule has 0 N–H and O–H groups in total. The van der Waals surface area contributed by atoms with Crippen LogP contribution in [0.5, 0.6) is 0 Å². The Morgan fingerprint density at radius 3 is 0.929 bits per heavy atom. The molecular formula is C38H30N4+4. The highest BCUT2D eigenvalue weighted by Crippen LogP contribution is 2.15. The van der Waals surface area contributed by atoms with Gasteiger partial charge in [0.2, 0.25) is 0 Å². The summed E-state index contributed by atoms with van der Waals surface area (Å²) in [5.41, 5.74) is 13.3. The average molecular weight is 543 g/mol. The van der Waals surface area contributed by atoms with Crippen molar-refractivity contribution in [3.63, 3.8) is 0 Å². The van der Waals surface area contributed by atoms with E-state index in [4.69, 9.17) is 0 Å². The quantitative estimate of drug-likeness (QED) is 0.154. The fourth-order valence-electron chi connectivity index (χ4n) is 5.81. The van der Waals surface area contributed by atoms with E-state index >= 15 is 0 Å². The summed E-state index contributed by atoms with van der Waals surface area (Å²) in [6, 6.07) is 37.9. The van der Waals surface area contributed by atoms with Crippen LogP contribution in [0.4, 0.5) is 0 Å².